The zero-order valence-corrected chi connectivity index (χ0v) is 33.4. The summed E-state index contributed by atoms with van der Waals surface area (Å²) in [6.07, 6.45) is 7.55. The molecule has 55 heavy (non-hydrogen) atoms. The van der Waals surface area contributed by atoms with E-state index in [0.29, 0.717) is 24.9 Å². The van der Waals surface area contributed by atoms with Gasteiger partial charge < -0.3 is 35.8 Å². The summed E-state index contributed by atoms with van der Waals surface area (Å²) in [4.78, 5) is 97.7. The van der Waals surface area contributed by atoms with Crippen molar-refractivity contribution in [3.05, 3.63) is 35.9 Å². The van der Waals surface area contributed by atoms with Crippen LogP contribution in [0.4, 0.5) is 4.79 Å². The second-order valence-electron chi connectivity index (χ2n) is 16.0. The molecule has 0 aromatic heterocycles. The van der Waals surface area contributed by atoms with Gasteiger partial charge in [-0.05, 0) is 68.8 Å². The summed E-state index contributed by atoms with van der Waals surface area (Å²) < 4.78 is 5.37. The minimum Gasteiger partial charge on any atom is -0.447 e. The monoisotopic (exact) mass is 766 g/mol. The summed E-state index contributed by atoms with van der Waals surface area (Å²) in [6.45, 7) is 7.32. The fraction of sp³-hybridized carbons (Fsp3) is 0.683. The molecule has 0 radical (unpaired) electrons. The Labute approximate surface area is 325 Å². The van der Waals surface area contributed by atoms with Gasteiger partial charge in [0.05, 0.1) is 18.7 Å². The van der Waals surface area contributed by atoms with E-state index in [1.807, 2.05) is 6.92 Å². The van der Waals surface area contributed by atoms with E-state index >= 15 is 0 Å². The lowest BCUT2D eigenvalue weighted by atomic mass is 9.80. The number of ketones is 1. The second-order valence-corrected chi connectivity index (χ2v) is 16.0. The average Bonchev–Trinajstić information content (AvgIpc) is 3.74. The molecular weight excluding hydrogens is 704 g/mol. The Balaban J connectivity index is 1.50. The standard InChI is InChI=1S/C41H62N6O8/c1-7-9-17-27(8-2)33(45-41(54)55-25(3)4)40(53)47-24-29-20-14-21-30(29)35(47)37(50)43-31(22-26-15-13-16-26)36(49)38(51)42-23-32(48)44-34(39(52)46(5)6)28-18-11-10-12-19-28/h10-12,18-19,25-27,29-31,33-35H,7-9,13-17,20-24H2,1-6H3,(H,42,51)(H,43,50)(H,44,48)(H,45,54)/t27?,29-,30-,31?,33?,34?,35?/m0/s1. The molecule has 1 heterocycles. The van der Waals surface area contributed by atoms with Crippen LogP contribution in [0.3, 0.4) is 0 Å². The first-order chi connectivity index (χ1) is 26.2. The van der Waals surface area contributed by atoms with Crippen molar-refractivity contribution in [2.45, 2.75) is 129 Å². The van der Waals surface area contributed by atoms with Gasteiger partial charge in [0, 0.05) is 20.6 Å². The van der Waals surface area contributed by atoms with Crippen molar-refractivity contribution in [1.29, 1.82) is 0 Å². The van der Waals surface area contributed by atoms with Crippen molar-refractivity contribution >= 4 is 41.4 Å². The molecule has 14 nitrogen and oxygen atoms in total. The lowest BCUT2D eigenvalue weighted by Crippen LogP contribution is -2.59. The Hall–Kier alpha value is -4.49. The predicted octanol–water partition coefficient (Wildman–Crippen LogP) is 3.64. The zero-order valence-electron chi connectivity index (χ0n) is 33.4. The van der Waals surface area contributed by atoms with Gasteiger partial charge in [-0.15, -0.1) is 0 Å². The highest BCUT2D eigenvalue weighted by Crippen LogP contribution is 2.43. The maximum atomic E-state index is 14.5. The Morgan fingerprint density at radius 1 is 0.909 bits per heavy atom. The number of alkyl carbamates (subject to hydrolysis) is 1. The van der Waals surface area contributed by atoms with E-state index in [-0.39, 0.29) is 48.0 Å². The number of fused-ring (bicyclic) bond motifs is 1. The largest absolute Gasteiger partial charge is 0.447 e. The first kappa shape index (κ1) is 43.2. The van der Waals surface area contributed by atoms with Crippen molar-refractivity contribution < 1.29 is 38.3 Å². The quantitative estimate of drug-likeness (QED) is 0.154. The molecule has 1 aromatic carbocycles. The smallest absolute Gasteiger partial charge is 0.408 e. The number of carbonyl (C=O) groups excluding carboxylic acids is 7. The number of unbranched alkanes of at least 4 members (excludes halogenated alkanes) is 1. The molecular formula is C41H62N6O8. The van der Waals surface area contributed by atoms with Crippen molar-refractivity contribution in [2.24, 2.45) is 23.7 Å². The van der Waals surface area contributed by atoms with Crippen molar-refractivity contribution in [1.82, 2.24) is 31.1 Å². The summed E-state index contributed by atoms with van der Waals surface area (Å²) in [5.74, 6) is -3.83. The van der Waals surface area contributed by atoms with Crippen LogP contribution in [0.2, 0.25) is 0 Å². The van der Waals surface area contributed by atoms with Crippen molar-refractivity contribution in [3.63, 3.8) is 0 Å². The van der Waals surface area contributed by atoms with Gasteiger partial charge in [0.25, 0.3) is 5.91 Å². The molecule has 5 unspecified atom stereocenters. The number of hydrogen-bond acceptors (Lipinski definition) is 8. The number of ether oxygens (including phenoxy) is 1. The lowest BCUT2D eigenvalue weighted by Gasteiger charge is -2.35. The van der Waals surface area contributed by atoms with E-state index in [2.05, 4.69) is 28.2 Å². The molecule has 3 aliphatic rings. The number of nitrogens with one attached hydrogen (secondary N) is 4. The second kappa shape index (κ2) is 20.4. The van der Waals surface area contributed by atoms with Gasteiger partial charge in [0.1, 0.15) is 18.1 Å². The highest BCUT2D eigenvalue weighted by atomic mass is 16.6. The van der Waals surface area contributed by atoms with Gasteiger partial charge in [0.15, 0.2) is 0 Å². The number of rotatable bonds is 19. The predicted molar refractivity (Wildman–Crippen MR) is 206 cm³/mol. The van der Waals surface area contributed by atoms with Gasteiger partial charge in [-0.3, -0.25) is 28.8 Å². The molecule has 1 aromatic rings. The number of hydrogen-bond donors (Lipinski definition) is 4. The summed E-state index contributed by atoms with van der Waals surface area (Å²) in [7, 11) is 3.15. The molecule has 2 saturated carbocycles. The van der Waals surface area contributed by atoms with E-state index in [4.69, 9.17) is 4.74 Å². The van der Waals surface area contributed by atoms with E-state index < -0.39 is 60.3 Å². The molecule has 0 spiro atoms. The number of likely N-dealkylation sites (tertiary alicyclic amines) is 1. The van der Waals surface area contributed by atoms with Gasteiger partial charge in [-0.2, -0.15) is 0 Å². The van der Waals surface area contributed by atoms with Gasteiger partial charge in [0.2, 0.25) is 29.4 Å². The third-order valence-corrected chi connectivity index (χ3v) is 11.4. The Morgan fingerprint density at radius 3 is 2.20 bits per heavy atom. The Kier molecular flexibility index (Phi) is 16.1. The van der Waals surface area contributed by atoms with Crippen molar-refractivity contribution in [2.75, 3.05) is 27.2 Å². The van der Waals surface area contributed by atoms with Gasteiger partial charge >= 0.3 is 6.09 Å². The molecule has 7 atom stereocenters. The molecule has 6 amide bonds. The third-order valence-electron chi connectivity index (χ3n) is 11.4. The molecule has 1 aliphatic heterocycles. The molecule has 3 fully saturated rings. The third kappa shape index (κ3) is 11.5. The highest BCUT2D eigenvalue weighted by molar-refractivity contribution is 6.38. The zero-order chi connectivity index (χ0) is 40.2. The maximum absolute atomic E-state index is 14.5. The van der Waals surface area contributed by atoms with Gasteiger partial charge in [-0.1, -0.05) is 89.1 Å². The number of likely N-dealkylation sites (N-methyl/N-ethyl adjacent to an activating group) is 1. The fourth-order valence-electron chi connectivity index (χ4n) is 8.24. The molecule has 304 valence electrons. The summed E-state index contributed by atoms with van der Waals surface area (Å²) in [6, 6.07) is 4.79. The van der Waals surface area contributed by atoms with Crippen LogP contribution in [0.1, 0.15) is 110 Å². The van der Waals surface area contributed by atoms with Crippen LogP contribution in [0, 0.1) is 23.7 Å². The summed E-state index contributed by atoms with van der Waals surface area (Å²) in [5, 5.41) is 10.8. The highest BCUT2D eigenvalue weighted by Gasteiger charge is 2.52. The van der Waals surface area contributed by atoms with Gasteiger partial charge in [-0.25, -0.2) is 4.79 Å². The van der Waals surface area contributed by atoms with Crippen LogP contribution in [0.25, 0.3) is 0 Å². The van der Waals surface area contributed by atoms with Crippen LogP contribution in [-0.2, 0) is 33.5 Å². The van der Waals surface area contributed by atoms with E-state index in [1.54, 1.807) is 63.2 Å². The van der Waals surface area contributed by atoms with Crippen LogP contribution >= 0.6 is 0 Å². The SMILES string of the molecule is CCCCC(CC)C(NC(=O)OC(C)C)C(=O)N1C[C@@H]2CCC[C@@H]2C1C(=O)NC(CC1CCC1)C(=O)C(=O)NCC(=O)NC(C(=O)N(C)C)c1ccccc1. The van der Waals surface area contributed by atoms with E-state index in [0.717, 1.165) is 51.4 Å². The Morgan fingerprint density at radius 2 is 1.60 bits per heavy atom. The first-order valence-electron chi connectivity index (χ1n) is 20.2. The molecule has 4 rings (SSSR count). The minimum absolute atomic E-state index is 0.0976. The summed E-state index contributed by atoms with van der Waals surface area (Å²) >= 11 is 0. The maximum Gasteiger partial charge on any atom is 0.408 e. The van der Waals surface area contributed by atoms with E-state index in [9.17, 15) is 33.6 Å². The fourth-order valence-corrected chi connectivity index (χ4v) is 8.24. The summed E-state index contributed by atoms with van der Waals surface area (Å²) in [5.41, 5.74) is 0.563. The van der Waals surface area contributed by atoms with Crippen LogP contribution < -0.4 is 21.3 Å². The molecule has 0 bridgehead atoms. The number of carbonyl (C=O) groups is 7. The van der Waals surface area contributed by atoms with E-state index in [1.165, 1.54) is 4.90 Å². The minimum atomic E-state index is -1.16. The molecule has 1 saturated heterocycles. The molecule has 2 aliphatic carbocycles. The molecule has 4 N–H and O–H groups in total. The Bertz CT molecular complexity index is 1510. The number of amides is 6. The average molecular weight is 767 g/mol. The lowest BCUT2D eigenvalue weighted by molar-refractivity contribution is -0.144. The van der Waals surface area contributed by atoms with Crippen LogP contribution in [0.5, 0.6) is 0 Å². The molecule has 14 heteroatoms. The number of benzene rings is 1. The number of nitrogens with zero attached hydrogens (tertiary/aromatic N) is 2. The topological polar surface area (TPSA) is 183 Å². The van der Waals surface area contributed by atoms with Crippen LogP contribution in [0.15, 0.2) is 30.3 Å². The first-order valence-corrected chi connectivity index (χ1v) is 20.2. The van der Waals surface area contributed by atoms with Crippen LogP contribution in [-0.4, -0.2) is 103 Å². The number of Topliss-reactive ketones (excluding diaryl/α,β-unsaturated/α-hetero) is 1. The van der Waals surface area contributed by atoms with Crippen molar-refractivity contribution in [3.8, 4) is 0 Å². The normalized spacial score (nSPS) is 21.3.